The molecule has 0 bridgehead atoms. The normalized spacial score (nSPS) is 25.4. The summed E-state index contributed by atoms with van der Waals surface area (Å²) in [6.07, 6.45) is -6.63. The second kappa shape index (κ2) is 13.2. The van der Waals surface area contributed by atoms with Crippen molar-refractivity contribution < 1.29 is 54.3 Å². The van der Waals surface area contributed by atoms with Crippen molar-refractivity contribution in [2.75, 3.05) is 27.4 Å². The van der Waals surface area contributed by atoms with Gasteiger partial charge >= 0.3 is 0 Å². The first-order valence-electron chi connectivity index (χ1n) is 12.0. The second-order valence-electron chi connectivity index (χ2n) is 8.86. The standard InChI is InChI=1S/C26H36O11/c1-14-22(29)24(31)25(32)26(36-14)35-10-4-5-15-6-9-18(20(11-15)34-3)37-21(13-27)23(30)16-7-8-17(28)19(12-16)33-2/h6-9,11-12,14,21-32H,4-5,10,13H2,1-3H3/t14-,21-,22-,23-,24+,25-,26+/m1/s1. The molecule has 1 saturated heterocycles. The van der Waals surface area contributed by atoms with E-state index >= 15 is 0 Å². The Labute approximate surface area is 215 Å². The molecule has 0 spiro atoms. The van der Waals surface area contributed by atoms with Crippen LogP contribution in [0.4, 0.5) is 0 Å². The molecule has 206 valence electrons. The fourth-order valence-electron chi connectivity index (χ4n) is 4.05. The summed E-state index contributed by atoms with van der Waals surface area (Å²) in [6.45, 7) is 1.35. The Kier molecular flexibility index (Phi) is 10.4. The predicted octanol–water partition coefficient (Wildman–Crippen LogP) is 0.659. The molecule has 2 aromatic carbocycles. The van der Waals surface area contributed by atoms with Crippen LogP contribution in [0.25, 0.3) is 0 Å². The Hall–Kier alpha value is -2.64. The third kappa shape index (κ3) is 7.02. The summed E-state index contributed by atoms with van der Waals surface area (Å²) in [4.78, 5) is 0. The number of rotatable bonds is 12. The smallest absolute Gasteiger partial charge is 0.186 e. The summed E-state index contributed by atoms with van der Waals surface area (Å²) in [7, 11) is 2.88. The van der Waals surface area contributed by atoms with Crippen molar-refractivity contribution in [1.29, 1.82) is 0 Å². The Morgan fingerprint density at radius 1 is 0.919 bits per heavy atom. The Bertz CT molecular complexity index is 1000. The fourth-order valence-corrected chi connectivity index (χ4v) is 4.05. The SMILES string of the molecule is COc1cc([C@@H](O)[C@@H](CO)Oc2ccc(CCCO[C@H]3O[C@H](C)[C@@H](O)[C@H](O)[C@H]3O)cc2OC)ccc1O. The molecule has 11 heteroatoms. The van der Waals surface area contributed by atoms with Gasteiger partial charge in [0.25, 0.3) is 0 Å². The molecule has 0 aliphatic carbocycles. The van der Waals surface area contributed by atoms with Gasteiger partial charge in [0, 0.05) is 0 Å². The summed E-state index contributed by atoms with van der Waals surface area (Å²) in [5.41, 5.74) is 1.30. The van der Waals surface area contributed by atoms with Gasteiger partial charge in [0.05, 0.1) is 33.5 Å². The first-order valence-corrected chi connectivity index (χ1v) is 12.0. The highest BCUT2D eigenvalue weighted by atomic mass is 16.7. The van der Waals surface area contributed by atoms with Crippen molar-refractivity contribution in [3.63, 3.8) is 0 Å². The van der Waals surface area contributed by atoms with E-state index in [-0.39, 0.29) is 18.1 Å². The number of aliphatic hydroxyl groups is 5. The number of phenolic OH excluding ortho intramolecular Hbond substituents is 1. The number of aliphatic hydroxyl groups excluding tert-OH is 5. The Morgan fingerprint density at radius 2 is 1.65 bits per heavy atom. The van der Waals surface area contributed by atoms with Crippen molar-refractivity contribution in [2.45, 2.75) is 62.7 Å². The van der Waals surface area contributed by atoms with Crippen molar-refractivity contribution in [2.24, 2.45) is 0 Å². The molecule has 1 aliphatic heterocycles. The zero-order chi connectivity index (χ0) is 27.1. The van der Waals surface area contributed by atoms with Crippen LogP contribution in [0.5, 0.6) is 23.0 Å². The van der Waals surface area contributed by atoms with Crippen molar-refractivity contribution in [1.82, 2.24) is 0 Å². The van der Waals surface area contributed by atoms with Crippen LogP contribution < -0.4 is 14.2 Å². The molecule has 0 aromatic heterocycles. The lowest BCUT2D eigenvalue weighted by Gasteiger charge is -2.38. The highest BCUT2D eigenvalue weighted by molar-refractivity contribution is 5.44. The van der Waals surface area contributed by atoms with Crippen LogP contribution in [0, 0.1) is 0 Å². The second-order valence-corrected chi connectivity index (χ2v) is 8.86. The third-order valence-corrected chi connectivity index (χ3v) is 6.28. The molecular formula is C26H36O11. The lowest BCUT2D eigenvalue weighted by Crippen LogP contribution is -2.57. The number of aryl methyl sites for hydroxylation is 1. The average molecular weight is 525 g/mol. The fraction of sp³-hybridized carbons (Fsp3) is 0.538. The van der Waals surface area contributed by atoms with E-state index in [9.17, 15) is 30.6 Å². The van der Waals surface area contributed by atoms with Gasteiger partial charge in [0.1, 0.15) is 24.4 Å². The van der Waals surface area contributed by atoms with Crippen LogP contribution >= 0.6 is 0 Å². The molecule has 1 fully saturated rings. The van der Waals surface area contributed by atoms with Crippen LogP contribution in [0.2, 0.25) is 0 Å². The number of hydrogen-bond donors (Lipinski definition) is 6. The molecule has 0 unspecified atom stereocenters. The summed E-state index contributed by atoms with van der Waals surface area (Å²) < 4.78 is 27.4. The lowest BCUT2D eigenvalue weighted by molar-refractivity contribution is -0.293. The summed E-state index contributed by atoms with van der Waals surface area (Å²) >= 11 is 0. The van der Waals surface area contributed by atoms with E-state index in [1.54, 1.807) is 19.1 Å². The largest absolute Gasteiger partial charge is 0.504 e. The lowest BCUT2D eigenvalue weighted by atomic mass is 10.00. The minimum Gasteiger partial charge on any atom is -0.504 e. The van der Waals surface area contributed by atoms with E-state index < -0.39 is 49.5 Å². The number of ether oxygens (including phenoxy) is 5. The monoisotopic (exact) mass is 524 g/mol. The minimum absolute atomic E-state index is 0.0732. The number of phenols is 1. The van der Waals surface area contributed by atoms with Gasteiger partial charge in [0.2, 0.25) is 0 Å². The zero-order valence-corrected chi connectivity index (χ0v) is 21.1. The first kappa shape index (κ1) is 28.9. The molecule has 0 radical (unpaired) electrons. The van der Waals surface area contributed by atoms with Gasteiger partial charge in [0.15, 0.2) is 35.4 Å². The molecule has 1 aliphatic rings. The number of hydrogen-bond acceptors (Lipinski definition) is 11. The zero-order valence-electron chi connectivity index (χ0n) is 21.1. The molecule has 7 atom stereocenters. The highest BCUT2D eigenvalue weighted by Gasteiger charge is 2.42. The van der Waals surface area contributed by atoms with E-state index in [4.69, 9.17) is 23.7 Å². The van der Waals surface area contributed by atoms with Crippen LogP contribution in [0.1, 0.15) is 30.6 Å². The quantitative estimate of drug-likeness (QED) is 0.216. The molecule has 1 heterocycles. The molecule has 37 heavy (non-hydrogen) atoms. The van der Waals surface area contributed by atoms with Crippen molar-refractivity contribution in [3.05, 3.63) is 47.5 Å². The van der Waals surface area contributed by atoms with Gasteiger partial charge in [-0.15, -0.1) is 0 Å². The van der Waals surface area contributed by atoms with E-state index in [0.29, 0.717) is 29.9 Å². The number of aromatic hydroxyl groups is 1. The van der Waals surface area contributed by atoms with E-state index in [2.05, 4.69) is 0 Å². The van der Waals surface area contributed by atoms with E-state index in [0.717, 1.165) is 5.56 Å². The average Bonchev–Trinajstić information content (AvgIpc) is 2.91. The van der Waals surface area contributed by atoms with E-state index in [1.165, 1.54) is 32.4 Å². The van der Waals surface area contributed by atoms with Gasteiger partial charge in [-0.2, -0.15) is 0 Å². The first-order chi connectivity index (χ1) is 17.7. The Balaban J connectivity index is 1.58. The van der Waals surface area contributed by atoms with Gasteiger partial charge in [-0.25, -0.2) is 0 Å². The van der Waals surface area contributed by atoms with Gasteiger partial charge in [-0.05, 0) is 55.2 Å². The van der Waals surface area contributed by atoms with Gasteiger partial charge < -0.3 is 54.3 Å². The van der Waals surface area contributed by atoms with Crippen molar-refractivity contribution in [3.8, 4) is 23.0 Å². The maximum atomic E-state index is 10.8. The molecule has 3 rings (SSSR count). The van der Waals surface area contributed by atoms with Crippen LogP contribution in [-0.4, -0.2) is 94.9 Å². The third-order valence-electron chi connectivity index (χ3n) is 6.28. The summed E-state index contributed by atoms with van der Waals surface area (Å²) in [6, 6.07) is 9.63. The molecule has 0 amide bonds. The van der Waals surface area contributed by atoms with Gasteiger partial charge in [-0.3, -0.25) is 0 Å². The molecule has 11 nitrogen and oxygen atoms in total. The Morgan fingerprint density at radius 3 is 2.32 bits per heavy atom. The molecular weight excluding hydrogens is 488 g/mol. The minimum atomic E-state index is -1.35. The molecule has 2 aromatic rings. The topological polar surface area (TPSA) is 168 Å². The van der Waals surface area contributed by atoms with Crippen LogP contribution in [0.3, 0.4) is 0 Å². The highest BCUT2D eigenvalue weighted by Crippen LogP contribution is 2.34. The molecule has 0 saturated carbocycles. The number of benzene rings is 2. The van der Waals surface area contributed by atoms with Gasteiger partial charge in [-0.1, -0.05) is 12.1 Å². The predicted molar refractivity (Wildman–Crippen MR) is 131 cm³/mol. The molecule has 6 N–H and O–H groups in total. The van der Waals surface area contributed by atoms with E-state index in [1.807, 2.05) is 6.07 Å². The summed E-state index contributed by atoms with van der Waals surface area (Å²) in [5, 5.41) is 60.1. The van der Waals surface area contributed by atoms with Crippen LogP contribution in [0.15, 0.2) is 36.4 Å². The summed E-state index contributed by atoms with van der Waals surface area (Å²) in [5.74, 6) is 0.846. The van der Waals surface area contributed by atoms with Crippen molar-refractivity contribution >= 4 is 0 Å². The number of methoxy groups -OCH3 is 2. The maximum Gasteiger partial charge on any atom is 0.186 e. The van der Waals surface area contributed by atoms with Crippen LogP contribution in [-0.2, 0) is 15.9 Å². The maximum absolute atomic E-state index is 10.8.